The molecule has 1 aliphatic heterocycles. The minimum Gasteiger partial charge on any atom is -0.490 e. The fourth-order valence-corrected chi connectivity index (χ4v) is 3.35. The molecule has 30 heavy (non-hydrogen) atoms. The van der Waals surface area contributed by atoms with Gasteiger partial charge in [0.25, 0.3) is 0 Å². The standard InChI is InChI=1S/C22H25ClN2O5/c1-3-28-19-7-5-15(11-20(19)29-4-2)9-10-24-21(26)13-25-14-22(27)30-18-8-6-16(23)12-17(18)25/h5-8,11-12H,3-4,9-10,13-14H2,1-2H3,(H,24,26). The maximum absolute atomic E-state index is 12.4. The summed E-state index contributed by atoms with van der Waals surface area (Å²) in [7, 11) is 0. The number of nitrogens with one attached hydrogen (secondary N) is 1. The molecule has 2 aromatic carbocycles. The Bertz CT molecular complexity index is 918. The summed E-state index contributed by atoms with van der Waals surface area (Å²) in [5.74, 6) is 1.22. The second kappa shape index (κ2) is 10.2. The first-order chi connectivity index (χ1) is 14.5. The normalized spacial score (nSPS) is 12.8. The summed E-state index contributed by atoms with van der Waals surface area (Å²) in [4.78, 5) is 25.9. The van der Waals surface area contributed by atoms with Crippen LogP contribution in [0.25, 0.3) is 0 Å². The summed E-state index contributed by atoms with van der Waals surface area (Å²) in [6.45, 7) is 5.45. The molecule has 0 bridgehead atoms. The Morgan fingerprint density at radius 2 is 1.90 bits per heavy atom. The van der Waals surface area contributed by atoms with E-state index in [1.54, 1.807) is 23.1 Å². The van der Waals surface area contributed by atoms with Crippen LogP contribution in [0.3, 0.4) is 0 Å². The van der Waals surface area contributed by atoms with E-state index < -0.39 is 5.97 Å². The van der Waals surface area contributed by atoms with E-state index in [2.05, 4.69) is 5.32 Å². The third kappa shape index (κ3) is 5.57. The van der Waals surface area contributed by atoms with E-state index in [1.165, 1.54) is 0 Å². The number of nitrogens with zero attached hydrogens (tertiary/aromatic N) is 1. The quantitative estimate of drug-likeness (QED) is 0.484. The fourth-order valence-electron chi connectivity index (χ4n) is 3.19. The molecule has 3 rings (SSSR count). The highest BCUT2D eigenvalue weighted by Crippen LogP contribution is 2.34. The van der Waals surface area contributed by atoms with Crippen LogP contribution in [0, 0.1) is 0 Å². The molecule has 2 aromatic rings. The van der Waals surface area contributed by atoms with Crippen LogP contribution in [-0.4, -0.2) is 44.7 Å². The van der Waals surface area contributed by atoms with Crippen LogP contribution in [0.5, 0.6) is 17.2 Å². The fraction of sp³-hybridized carbons (Fsp3) is 0.364. The highest BCUT2D eigenvalue weighted by Gasteiger charge is 2.25. The summed E-state index contributed by atoms with van der Waals surface area (Å²) < 4.78 is 16.4. The van der Waals surface area contributed by atoms with E-state index in [4.69, 9.17) is 25.8 Å². The number of carbonyl (C=O) groups excluding carboxylic acids is 2. The lowest BCUT2D eigenvalue weighted by Gasteiger charge is -2.29. The first kappa shape index (κ1) is 21.8. The molecule has 0 aliphatic carbocycles. The van der Waals surface area contributed by atoms with Gasteiger partial charge in [0, 0.05) is 11.6 Å². The number of hydrogen-bond donors (Lipinski definition) is 1. The van der Waals surface area contributed by atoms with Crippen LogP contribution in [0.4, 0.5) is 5.69 Å². The number of hydrogen-bond acceptors (Lipinski definition) is 6. The van der Waals surface area contributed by atoms with Crippen molar-refractivity contribution < 1.29 is 23.8 Å². The van der Waals surface area contributed by atoms with Gasteiger partial charge < -0.3 is 24.4 Å². The van der Waals surface area contributed by atoms with E-state index >= 15 is 0 Å². The Kier molecular flexibility index (Phi) is 7.41. The smallest absolute Gasteiger partial charge is 0.331 e. The molecule has 1 N–H and O–H groups in total. The number of amides is 1. The zero-order chi connectivity index (χ0) is 21.5. The number of carbonyl (C=O) groups is 2. The molecule has 0 fully saturated rings. The lowest BCUT2D eigenvalue weighted by Crippen LogP contribution is -2.43. The van der Waals surface area contributed by atoms with Crippen molar-refractivity contribution in [3.8, 4) is 17.2 Å². The van der Waals surface area contributed by atoms with Crippen molar-refractivity contribution in [2.45, 2.75) is 20.3 Å². The second-order valence-corrected chi connectivity index (χ2v) is 7.13. The van der Waals surface area contributed by atoms with Gasteiger partial charge in [0.15, 0.2) is 17.2 Å². The third-order valence-electron chi connectivity index (χ3n) is 4.48. The monoisotopic (exact) mass is 432 g/mol. The highest BCUT2D eigenvalue weighted by atomic mass is 35.5. The molecule has 1 heterocycles. The Balaban J connectivity index is 1.56. The predicted molar refractivity (Wildman–Crippen MR) is 115 cm³/mol. The van der Waals surface area contributed by atoms with Crippen LogP contribution < -0.4 is 24.4 Å². The zero-order valence-corrected chi connectivity index (χ0v) is 17.8. The number of halogens is 1. The summed E-state index contributed by atoms with van der Waals surface area (Å²) >= 11 is 6.05. The second-order valence-electron chi connectivity index (χ2n) is 6.69. The van der Waals surface area contributed by atoms with Crippen LogP contribution >= 0.6 is 11.6 Å². The molecule has 0 saturated heterocycles. The van der Waals surface area contributed by atoms with Gasteiger partial charge in [-0.2, -0.15) is 0 Å². The van der Waals surface area contributed by atoms with Gasteiger partial charge in [0.2, 0.25) is 5.91 Å². The molecule has 0 saturated carbocycles. The predicted octanol–water partition coefficient (Wildman–Crippen LogP) is 3.22. The SMILES string of the molecule is CCOc1ccc(CCNC(=O)CN2CC(=O)Oc3ccc(Cl)cc32)cc1OCC. The molecule has 0 spiro atoms. The lowest BCUT2D eigenvalue weighted by molar-refractivity contribution is -0.133. The van der Waals surface area contributed by atoms with Crippen LogP contribution in [0.15, 0.2) is 36.4 Å². The van der Waals surface area contributed by atoms with Crippen LogP contribution in [0.2, 0.25) is 5.02 Å². The molecule has 0 radical (unpaired) electrons. The lowest BCUT2D eigenvalue weighted by atomic mass is 10.1. The Morgan fingerprint density at radius 3 is 2.67 bits per heavy atom. The van der Waals surface area contributed by atoms with Gasteiger partial charge in [0.05, 0.1) is 25.4 Å². The molecule has 7 nitrogen and oxygen atoms in total. The van der Waals surface area contributed by atoms with E-state index in [0.717, 1.165) is 5.56 Å². The van der Waals surface area contributed by atoms with E-state index in [9.17, 15) is 9.59 Å². The van der Waals surface area contributed by atoms with Crippen molar-refractivity contribution in [2.75, 3.05) is 37.7 Å². The Labute approximate surface area is 180 Å². The minimum absolute atomic E-state index is 0.00261. The number of esters is 1. The maximum atomic E-state index is 12.4. The average molecular weight is 433 g/mol. The molecular formula is C22H25ClN2O5. The molecule has 0 aromatic heterocycles. The Hall–Kier alpha value is -2.93. The van der Waals surface area contributed by atoms with Gasteiger partial charge in [-0.05, 0) is 56.2 Å². The van der Waals surface area contributed by atoms with Gasteiger partial charge in [-0.15, -0.1) is 0 Å². The van der Waals surface area contributed by atoms with E-state index in [-0.39, 0.29) is 19.0 Å². The summed E-state index contributed by atoms with van der Waals surface area (Å²) in [6, 6.07) is 10.7. The average Bonchev–Trinajstić information content (AvgIpc) is 2.70. The van der Waals surface area contributed by atoms with Gasteiger partial charge >= 0.3 is 5.97 Å². The van der Waals surface area contributed by atoms with Crippen LogP contribution in [-0.2, 0) is 16.0 Å². The molecule has 1 aliphatic rings. The van der Waals surface area contributed by atoms with Gasteiger partial charge in [-0.1, -0.05) is 17.7 Å². The van der Waals surface area contributed by atoms with Crippen molar-refractivity contribution in [1.82, 2.24) is 5.32 Å². The van der Waals surface area contributed by atoms with Gasteiger partial charge in [-0.3, -0.25) is 4.79 Å². The molecule has 160 valence electrons. The van der Waals surface area contributed by atoms with E-state index in [1.807, 2.05) is 32.0 Å². The molecule has 8 heteroatoms. The first-order valence-corrected chi connectivity index (χ1v) is 10.3. The molecule has 0 atom stereocenters. The van der Waals surface area contributed by atoms with E-state index in [0.29, 0.717) is 54.1 Å². The largest absolute Gasteiger partial charge is 0.490 e. The van der Waals surface area contributed by atoms with Crippen molar-refractivity contribution in [2.24, 2.45) is 0 Å². The van der Waals surface area contributed by atoms with Crippen molar-refractivity contribution in [3.05, 3.63) is 47.0 Å². The number of rotatable bonds is 9. The number of fused-ring (bicyclic) bond motifs is 1. The first-order valence-electron chi connectivity index (χ1n) is 9.90. The molecule has 0 unspecified atom stereocenters. The van der Waals surface area contributed by atoms with Crippen LogP contribution in [0.1, 0.15) is 19.4 Å². The van der Waals surface area contributed by atoms with Crippen molar-refractivity contribution in [1.29, 1.82) is 0 Å². The van der Waals surface area contributed by atoms with Gasteiger partial charge in [0.1, 0.15) is 6.54 Å². The summed E-state index contributed by atoms with van der Waals surface area (Å²) in [6.07, 6.45) is 0.642. The number of benzene rings is 2. The maximum Gasteiger partial charge on any atom is 0.331 e. The molecular weight excluding hydrogens is 408 g/mol. The molecule has 1 amide bonds. The van der Waals surface area contributed by atoms with Crippen molar-refractivity contribution >= 4 is 29.2 Å². The number of anilines is 1. The number of ether oxygens (including phenoxy) is 3. The summed E-state index contributed by atoms with van der Waals surface area (Å²) in [5, 5.41) is 3.40. The van der Waals surface area contributed by atoms with Crippen molar-refractivity contribution in [3.63, 3.8) is 0 Å². The minimum atomic E-state index is -0.407. The van der Waals surface area contributed by atoms with Gasteiger partial charge in [-0.25, -0.2) is 4.79 Å². The third-order valence-corrected chi connectivity index (χ3v) is 4.72. The highest BCUT2D eigenvalue weighted by molar-refractivity contribution is 6.31. The topological polar surface area (TPSA) is 77.1 Å². The zero-order valence-electron chi connectivity index (χ0n) is 17.1. The Morgan fingerprint density at radius 1 is 1.13 bits per heavy atom. The summed E-state index contributed by atoms with van der Waals surface area (Å²) in [5.41, 5.74) is 1.66.